The molecule has 0 aliphatic rings. The minimum Gasteiger partial charge on any atom is -0.492 e. The Morgan fingerprint density at radius 1 is 1.04 bits per heavy atom. The molecule has 1 amide bonds. The molecule has 4 nitrogen and oxygen atoms in total. The maximum Gasteiger partial charge on any atom is 0.261 e. The molecule has 0 radical (unpaired) electrons. The SMILES string of the molecule is CCC(Oc1ccc(Cl)cc1)C(=O)NCCOc1ccc(C(C)(C)C)cc1. The number of hydrogen-bond acceptors (Lipinski definition) is 3. The normalized spacial score (nSPS) is 12.3. The van der Waals surface area contributed by atoms with Crippen molar-refractivity contribution in [2.75, 3.05) is 13.2 Å². The van der Waals surface area contributed by atoms with Crippen molar-refractivity contribution in [3.05, 3.63) is 59.1 Å². The van der Waals surface area contributed by atoms with Crippen molar-refractivity contribution < 1.29 is 14.3 Å². The lowest BCUT2D eigenvalue weighted by atomic mass is 9.87. The third-order valence-electron chi connectivity index (χ3n) is 4.15. The second-order valence-electron chi connectivity index (χ2n) is 7.38. The molecule has 0 aliphatic heterocycles. The fraction of sp³-hybridized carbons (Fsp3) is 0.409. The van der Waals surface area contributed by atoms with E-state index in [-0.39, 0.29) is 11.3 Å². The zero-order valence-electron chi connectivity index (χ0n) is 16.4. The van der Waals surface area contributed by atoms with Gasteiger partial charge in [-0.05, 0) is 53.8 Å². The van der Waals surface area contributed by atoms with Crippen LogP contribution in [0.4, 0.5) is 0 Å². The maximum atomic E-state index is 12.3. The second kappa shape index (κ2) is 9.65. The summed E-state index contributed by atoms with van der Waals surface area (Å²) in [5.74, 6) is 1.26. The minimum atomic E-state index is -0.544. The number of ether oxygens (including phenoxy) is 2. The summed E-state index contributed by atoms with van der Waals surface area (Å²) in [5, 5.41) is 3.49. The predicted octanol–water partition coefficient (Wildman–Crippen LogP) is 4.99. The Morgan fingerprint density at radius 3 is 2.19 bits per heavy atom. The van der Waals surface area contributed by atoms with E-state index >= 15 is 0 Å². The first-order valence-corrected chi connectivity index (χ1v) is 9.60. The van der Waals surface area contributed by atoms with Gasteiger partial charge in [-0.3, -0.25) is 4.79 Å². The summed E-state index contributed by atoms with van der Waals surface area (Å²) in [5.41, 5.74) is 1.37. The molecule has 2 rings (SSSR count). The molecule has 0 aromatic heterocycles. The fourth-order valence-electron chi connectivity index (χ4n) is 2.51. The van der Waals surface area contributed by atoms with Crippen LogP contribution < -0.4 is 14.8 Å². The van der Waals surface area contributed by atoms with Gasteiger partial charge in [0.1, 0.15) is 18.1 Å². The lowest BCUT2D eigenvalue weighted by molar-refractivity contribution is -0.128. The summed E-state index contributed by atoms with van der Waals surface area (Å²) in [6.07, 6.45) is 0.0288. The van der Waals surface area contributed by atoms with Crippen molar-refractivity contribution in [2.45, 2.75) is 45.6 Å². The Labute approximate surface area is 166 Å². The highest BCUT2D eigenvalue weighted by atomic mass is 35.5. The van der Waals surface area contributed by atoms with Crippen LogP contribution in [0, 0.1) is 0 Å². The fourth-order valence-corrected chi connectivity index (χ4v) is 2.63. The molecule has 2 aromatic rings. The smallest absolute Gasteiger partial charge is 0.261 e. The number of halogens is 1. The molecule has 0 bridgehead atoms. The molecular formula is C22H28ClNO3. The zero-order chi connectivity index (χ0) is 19.9. The highest BCUT2D eigenvalue weighted by molar-refractivity contribution is 6.30. The van der Waals surface area contributed by atoms with Crippen LogP contribution in [0.25, 0.3) is 0 Å². The van der Waals surface area contributed by atoms with E-state index < -0.39 is 6.10 Å². The van der Waals surface area contributed by atoms with Crippen LogP contribution in [0.1, 0.15) is 39.7 Å². The van der Waals surface area contributed by atoms with Crippen LogP contribution in [-0.4, -0.2) is 25.2 Å². The van der Waals surface area contributed by atoms with E-state index in [9.17, 15) is 4.79 Å². The van der Waals surface area contributed by atoms with Gasteiger partial charge in [-0.25, -0.2) is 0 Å². The molecule has 1 N–H and O–H groups in total. The quantitative estimate of drug-likeness (QED) is 0.647. The number of amides is 1. The van der Waals surface area contributed by atoms with Gasteiger partial charge in [-0.15, -0.1) is 0 Å². The van der Waals surface area contributed by atoms with Crippen molar-refractivity contribution in [2.24, 2.45) is 0 Å². The molecule has 27 heavy (non-hydrogen) atoms. The van der Waals surface area contributed by atoms with Crippen LogP contribution in [0.3, 0.4) is 0 Å². The number of carbonyl (C=O) groups is 1. The number of nitrogens with one attached hydrogen (secondary N) is 1. The molecule has 1 atom stereocenters. The number of carbonyl (C=O) groups excluding carboxylic acids is 1. The Kier molecular flexibility index (Phi) is 7.55. The molecule has 146 valence electrons. The first-order valence-electron chi connectivity index (χ1n) is 9.23. The first kappa shape index (κ1) is 21.1. The van der Waals surface area contributed by atoms with Crippen molar-refractivity contribution in [1.82, 2.24) is 5.32 Å². The summed E-state index contributed by atoms with van der Waals surface area (Å²) < 4.78 is 11.4. The Balaban J connectivity index is 1.76. The molecular weight excluding hydrogens is 362 g/mol. The predicted molar refractivity (Wildman–Crippen MR) is 110 cm³/mol. The van der Waals surface area contributed by atoms with Gasteiger partial charge in [0.2, 0.25) is 0 Å². The maximum absolute atomic E-state index is 12.3. The summed E-state index contributed by atoms with van der Waals surface area (Å²) in [6.45, 7) is 9.25. The molecule has 1 unspecified atom stereocenters. The summed E-state index contributed by atoms with van der Waals surface area (Å²) in [6, 6.07) is 15.0. The van der Waals surface area contributed by atoms with Crippen molar-refractivity contribution >= 4 is 17.5 Å². The van der Waals surface area contributed by atoms with Gasteiger partial charge in [0.15, 0.2) is 6.10 Å². The lowest BCUT2D eigenvalue weighted by Gasteiger charge is -2.19. The summed E-state index contributed by atoms with van der Waals surface area (Å²) >= 11 is 5.86. The van der Waals surface area contributed by atoms with Crippen LogP contribution in [0.15, 0.2) is 48.5 Å². The molecule has 5 heteroatoms. The lowest BCUT2D eigenvalue weighted by Crippen LogP contribution is -2.39. The minimum absolute atomic E-state index is 0.117. The van der Waals surface area contributed by atoms with Gasteiger partial charge < -0.3 is 14.8 Å². The van der Waals surface area contributed by atoms with Gasteiger partial charge in [0, 0.05) is 5.02 Å². The van der Waals surface area contributed by atoms with Crippen molar-refractivity contribution in [1.29, 1.82) is 0 Å². The Bertz CT molecular complexity index is 721. The van der Waals surface area contributed by atoms with E-state index in [1.54, 1.807) is 24.3 Å². The highest BCUT2D eigenvalue weighted by Gasteiger charge is 2.18. The van der Waals surface area contributed by atoms with Crippen molar-refractivity contribution in [3.63, 3.8) is 0 Å². The molecule has 0 aliphatic carbocycles. The zero-order valence-corrected chi connectivity index (χ0v) is 17.2. The second-order valence-corrected chi connectivity index (χ2v) is 7.82. The highest BCUT2D eigenvalue weighted by Crippen LogP contribution is 2.24. The van der Waals surface area contributed by atoms with Gasteiger partial charge in [0.25, 0.3) is 5.91 Å². The average molecular weight is 390 g/mol. The van der Waals surface area contributed by atoms with E-state index in [1.807, 2.05) is 19.1 Å². The summed E-state index contributed by atoms with van der Waals surface area (Å²) in [4.78, 5) is 12.3. The topological polar surface area (TPSA) is 47.6 Å². The number of rotatable bonds is 8. The Morgan fingerprint density at radius 2 is 1.63 bits per heavy atom. The standard InChI is InChI=1S/C22H28ClNO3/c1-5-20(27-19-12-8-17(23)9-13-19)21(25)24-14-15-26-18-10-6-16(7-11-18)22(2,3)4/h6-13,20H,5,14-15H2,1-4H3,(H,24,25). The Hall–Kier alpha value is -2.20. The molecule has 0 saturated heterocycles. The van der Waals surface area contributed by atoms with Crippen molar-refractivity contribution in [3.8, 4) is 11.5 Å². The van der Waals surface area contributed by atoms with Crippen LogP contribution >= 0.6 is 11.6 Å². The monoisotopic (exact) mass is 389 g/mol. The third-order valence-corrected chi connectivity index (χ3v) is 4.40. The van der Waals surface area contributed by atoms with Gasteiger partial charge in [-0.1, -0.05) is 51.4 Å². The molecule has 0 saturated carbocycles. The number of hydrogen-bond donors (Lipinski definition) is 1. The van der Waals surface area contributed by atoms with E-state index in [2.05, 4.69) is 38.2 Å². The third kappa shape index (κ3) is 6.79. The molecule has 0 fully saturated rings. The molecule has 0 heterocycles. The van der Waals surface area contributed by atoms with Gasteiger partial charge >= 0.3 is 0 Å². The average Bonchev–Trinajstić information content (AvgIpc) is 2.64. The number of benzene rings is 2. The van der Waals surface area contributed by atoms with E-state index in [4.69, 9.17) is 21.1 Å². The van der Waals surface area contributed by atoms with E-state index in [0.717, 1.165) is 5.75 Å². The first-order chi connectivity index (χ1) is 12.8. The molecule has 0 spiro atoms. The largest absolute Gasteiger partial charge is 0.492 e. The van der Waals surface area contributed by atoms with Crippen LogP contribution in [0.2, 0.25) is 5.02 Å². The van der Waals surface area contributed by atoms with Gasteiger partial charge in [0.05, 0.1) is 6.54 Å². The van der Waals surface area contributed by atoms with E-state index in [1.165, 1.54) is 5.56 Å². The van der Waals surface area contributed by atoms with Crippen LogP contribution in [-0.2, 0) is 10.2 Å². The van der Waals surface area contributed by atoms with E-state index in [0.29, 0.717) is 30.3 Å². The summed E-state index contributed by atoms with van der Waals surface area (Å²) in [7, 11) is 0. The van der Waals surface area contributed by atoms with Gasteiger partial charge in [-0.2, -0.15) is 0 Å². The van der Waals surface area contributed by atoms with Crippen LogP contribution in [0.5, 0.6) is 11.5 Å². The molecule has 2 aromatic carbocycles.